The third kappa shape index (κ3) is 1.98. The second-order valence-electron chi connectivity index (χ2n) is 5.91. The van der Waals surface area contributed by atoms with Crippen LogP contribution in [0.25, 0.3) is 5.57 Å². The Morgan fingerprint density at radius 3 is 2.70 bits per heavy atom. The van der Waals surface area contributed by atoms with Crippen molar-refractivity contribution in [1.82, 2.24) is 14.8 Å². The van der Waals surface area contributed by atoms with E-state index in [1.54, 1.807) is 0 Å². The molecule has 1 fully saturated rings. The van der Waals surface area contributed by atoms with E-state index >= 15 is 0 Å². The Labute approximate surface area is 119 Å². The van der Waals surface area contributed by atoms with E-state index in [2.05, 4.69) is 41.6 Å². The minimum absolute atomic E-state index is 0.341. The lowest BCUT2D eigenvalue weighted by Crippen LogP contribution is -2.20. The van der Waals surface area contributed by atoms with Crippen molar-refractivity contribution in [2.75, 3.05) is 0 Å². The molecule has 0 amide bonds. The zero-order valence-electron chi connectivity index (χ0n) is 11.6. The van der Waals surface area contributed by atoms with Gasteiger partial charge in [-0.05, 0) is 42.7 Å². The van der Waals surface area contributed by atoms with E-state index in [0.29, 0.717) is 12.0 Å². The quantitative estimate of drug-likeness (QED) is 0.848. The lowest BCUT2D eigenvalue weighted by Gasteiger charge is -2.23. The summed E-state index contributed by atoms with van der Waals surface area (Å²) in [5.41, 5.74) is 2.47. The smallest absolute Gasteiger partial charge is 0.177 e. The van der Waals surface area contributed by atoms with Crippen molar-refractivity contribution >= 4 is 5.57 Å². The second-order valence-corrected chi connectivity index (χ2v) is 5.91. The summed E-state index contributed by atoms with van der Waals surface area (Å²) in [4.78, 5) is 4.74. The first-order chi connectivity index (χ1) is 9.83. The van der Waals surface area contributed by atoms with Gasteiger partial charge in [-0.1, -0.05) is 36.9 Å². The minimum Gasteiger partial charge on any atom is -0.242 e. The largest absolute Gasteiger partial charge is 0.242 e. The maximum Gasteiger partial charge on any atom is 0.177 e. The standard InChI is InChI=1S/C17H19N3/c1-12(13-10-11-13)17-18-16-9-5-8-15(20(16)19-17)14-6-3-2-4-7-14/h2-4,6-7,13,15H,1,5,8-11H2. The van der Waals surface area contributed by atoms with Crippen LogP contribution in [0.3, 0.4) is 0 Å². The first-order valence-corrected chi connectivity index (χ1v) is 7.52. The van der Waals surface area contributed by atoms with Gasteiger partial charge >= 0.3 is 0 Å². The molecule has 1 saturated carbocycles. The third-order valence-electron chi connectivity index (χ3n) is 4.42. The van der Waals surface area contributed by atoms with Gasteiger partial charge in [-0.25, -0.2) is 9.67 Å². The van der Waals surface area contributed by atoms with Gasteiger partial charge in [-0.2, -0.15) is 5.10 Å². The van der Waals surface area contributed by atoms with Crippen molar-refractivity contribution in [2.24, 2.45) is 5.92 Å². The zero-order valence-corrected chi connectivity index (χ0v) is 11.6. The molecule has 0 spiro atoms. The second kappa shape index (κ2) is 4.58. The Morgan fingerprint density at radius 2 is 1.95 bits per heavy atom. The van der Waals surface area contributed by atoms with Gasteiger partial charge in [-0.3, -0.25) is 0 Å². The molecule has 20 heavy (non-hydrogen) atoms. The fraction of sp³-hybridized carbons (Fsp3) is 0.412. The number of hydrogen-bond acceptors (Lipinski definition) is 2. The molecule has 3 nitrogen and oxygen atoms in total. The van der Waals surface area contributed by atoms with Crippen molar-refractivity contribution in [3.05, 3.63) is 54.1 Å². The normalized spacial score (nSPS) is 21.5. The summed E-state index contributed by atoms with van der Waals surface area (Å²) < 4.78 is 2.14. The number of fused-ring (bicyclic) bond motifs is 1. The average Bonchev–Trinajstić information content (AvgIpc) is 3.25. The van der Waals surface area contributed by atoms with Crippen molar-refractivity contribution in [2.45, 2.75) is 38.1 Å². The molecule has 1 aromatic heterocycles. The van der Waals surface area contributed by atoms with Crippen LogP contribution in [0.1, 0.15) is 48.9 Å². The maximum atomic E-state index is 4.78. The predicted molar refractivity (Wildman–Crippen MR) is 79.3 cm³/mol. The third-order valence-corrected chi connectivity index (χ3v) is 4.42. The Balaban J connectivity index is 1.71. The Morgan fingerprint density at radius 1 is 1.15 bits per heavy atom. The maximum absolute atomic E-state index is 4.78. The van der Waals surface area contributed by atoms with Gasteiger partial charge in [0, 0.05) is 6.42 Å². The minimum atomic E-state index is 0.341. The molecule has 0 radical (unpaired) electrons. The zero-order chi connectivity index (χ0) is 13.5. The van der Waals surface area contributed by atoms with Crippen LogP contribution >= 0.6 is 0 Å². The van der Waals surface area contributed by atoms with E-state index in [1.165, 1.54) is 24.8 Å². The summed E-state index contributed by atoms with van der Waals surface area (Å²) in [5, 5.41) is 4.78. The molecule has 1 atom stereocenters. The number of aryl methyl sites for hydroxylation is 1. The number of hydrogen-bond donors (Lipinski definition) is 0. The first kappa shape index (κ1) is 11.9. The van der Waals surface area contributed by atoms with Crippen LogP contribution in [0, 0.1) is 5.92 Å². The lowest BCUT2D eigenvalue weighted by atomic mass is 9.98. The van der Waals surface area contributed by atoms with Gasteiger partial charge < -0.3 is 0 Å². The van der Waals surface area contributed by atoms with Gasteiger partial charge in [0.05, 0.1) is 6.04 Å². The molecule has 0 bridgehead atoms. The van der Waals surface area contributed by atoms with Crippen LogP contribution in [-0.4, -0.2) is 14.8 Å². The van der Waals surface area contributed by atoms with E-state index in [1.807, 2.05) is 0 Å². The van der Waals surface area contributed by atoms with Crippen LogP contribution in [0.2, 0.25) is 0 Å². The molecule has 1 unspecified atom stereocenters. The molecule has 0 N–H and O–H groups in total. The van der Waals surface area contributed by atoms with Crippen molar-refractivity contribution in [3.63, 3.8) is 0 Å². The highest BCUT2D eigenvalue weighted by Gasteiger charge is 2.30. The average molecular weight is 265 g/mol. The summed E-state index contributed by atoms with van der Waals surface area (Å²) in [6, 6.07) is 11.0. The van der Waals surface area contributed by atoms with Gasteiger partial charge in [0.15, 0.2) is 5.82 Å². The summed E-state index contributed by atoms with van der Waals surface area (Å²) >= 11 is 0. The summed E-state index contributed by atoms with van der Waals surface area (Å²) in [6.45, 7) is 4.19. The number of allylic oxidation sites excluding steroid dienone is 1. The van der Waals surface area contributed by atoms with E-state index in [4.69, 9.17) is 10.1 Å². The van der Waals surface area contributed by atoms with Crippen LogP contribution in [-0.2, 0) is 6.42 Å². The molecule has 4 rings (SSSR count). The molecule has 2 heterocycles. The first-order valence-electron chi connectivity index (χ1n) is 7.52. The van der Waals surface area contributed by atoms with Gasteiger partial charge in [-0.15, -0.1) is 0 Å². The molecule has 102 valence electrons. The summed E-state index contributed by atoms with van der Waals surface area (Å²) in [7, 11) is 0. The van der Waals surface area contributed by atoms with E-state index in [9.17, 15) is 0 Å². The highest BCUT2D eigenvalue weighted by Crippen LogP contribution is 2.40. The Bertz CT molecular complexity index is 638. The summed E-state index contributed by atoms with van der Waals surface area (Å²) in [5.74, 6) is 2.64. The number of aromatic nitrogens is 3. The molecular formula is C17H19N3. The van der Waals surface area contributed by atoms with E-state index in [0.717, 1.165) is 30.1 Å². The molecule has 1 aliphatic heterocycles. The molecule has 1 aromatic carbocycles. The topological polar surface area (TPSA) is 30.7 Å². The lowest BCUT2D eigenvalue weighted by molar-refractivity contribution is 0.412. The molecule has 0 saturated heterocycles. The van der Waals surface area contributed by atoms with Gasteiger partial charge in [0.25, 0.3) is 0 Å². The van der Waals surface area contributed by atoms with Crippen LogP contribution < -0.4 is 0 Å². The van der Waals surface area contributed by atoms with Crippen LogP contribution in [0.5, 0.6) is 0 Å². The number of rotatable bonds is 3. The van der Waals surface area contributed by atoms with Crippen molar-refractivity contribution in [1.29, 1.82) is 0 Å². The molecule has 2 aromatic rings. The van der Waals surface area contributed by atoms with E-state index < -0.39 is 0 Å². The Hall–Kier alpha value is -1.90. The van der Waals surface area contributed by atoms with Crippen LogP contribution in [0.4, 0.5) is 0 Å². The molecule has 2 aliphatic rings. The highest BCUT2D eigenvalue weighted by molar-refractivity contribution is 5.61. The van der Waals surface area contributed by atoms with Gasteiger partial charge in [0.1, 0.15) is 5.82 Å². The van der Waals surface area contributed by atoms with E-state index in [-0.39, 0.29) is 0 Å². The fourth-order valence-corrected chi connectivity index (χ4v) is 3.08. The molecule has 3 heteroatoms. The van der Waals surface area contributed by atoms with Crippen molar-refractivity contribution in [3.8, 4) is 0 Å². The predicted octanol–water partition coefficient (Wildman–Crippen LogP) is 3.63. The highest BCUT2D eigenvalue weighted by atomic mass is 15.4. The van der Waals surface area contributed by atoms with Crippen LogP contribution in [0.15, 0.2) is 36.9 Å². The fourth-order valence-electron chi connectivity index (χ4n) is 3.08. The Kier molecular flexibility index (Phi) is 2.72. The monoisotopic (exact) mass is 265 g/mol. The number of benzene rings is 1. The molecule has 1 aliphatic carbocycles. The number of nitrogens with zero attached hydrogens (tertiary/aromatic N) is 3. The summed E-state index contributed by atoms with van der Waals surface area (Å²) in [6.07, 6.45) is 5.88. The van der Waals surface area contributed by atoms with Gasteiger partial charge in [0.2, 0.25) is 0 Å². The van der Waals surface area contributed by atoms with Crippen molar-refractivity contribution < 1.29 is 0 Å². The SMILES string of the molecule is C=C(c1nc2n(n1)C(c1ccccc1)CCC2)C1CC1. The molecular weight excluding hydrogens is 246 g/mol.